The average molecular weight is 350 g/mol. The zero-order valence-electron chi connectivity index (χ0n) is 12.0. The van der Waals surface area contributed by atoms with E-state index in [0.29, 0.717) is 16.4 Å². The molecule has 0 bridgehead atoms. The van der Waals surface area contributed by atoms with E-state index in [1.165, 1.54) is 7.05 Å². The van der Waals surface area contributed by atoms with Crippen LogP contribution < -0.4 is 9.73 Å². The lowest BCUT2D eigenvalue weighted by Crippen LogP contribution is -2.43. The van der Waals surface area contributed by atoms with Gasteiger partial charge in [0.15, 0.2) is 0 Å². The number of hydrogen-bond acceptors (Lipinski definition) is 5. The van der Waals surface area contributed by atoms with E-state index >= 15 is 0 Å². The molecule has 1 heterocycles. The molecule has 1 N–H and O–H groups in total. The highest BCUT2D eigenvalue weighted by Crippen LogP contribution is 2.29. The molecule has 0 unspecified atom stereocenters. The first-order valence-electron chi connectivity index (χ1n) is 6.64. The standard InChI is InChI=1S/C15H12ClN3O3S/c1-19-13-9-5-2-6-10(13)14(20)15(23(19,21)22)18-17-12-8-4-3-7-11(12)16/h2-9,17H,1H3. The van der Waals surface area contributed by atoms with Crippen LogP contribution in [0.5, 0.6) is 0 Å². The molecule has 8 heteroatoms. The van der Waals surface area contributed by atoms with E-state index < -0.39 is 20.9 Å². The Hall–Kier alpha value is -2.38. The van der Waals surface area contributed by atoms with Gasteiger partial charge in [0.2, 0.25) is 10.8 Å². The van der Waals surface area contributed by atoms with Crippen LogP contribution in [0, 0.1) is 0 Å². The number of halogens is 1. The van der Waals surface area contributed by atoms with Gasteiger partial charge >= 0.3 is 0 Å². The highest BCUT2D eigenvalue weighted by atomic mass is 35.5. The zero-order chi connectivity index (χ0) is 16.6. The molecule has 0 atom stereocenters. The summed E-state index contributed by atoms with van der Waals surface area (Å²) in [7, 11) is -2.64. The van der Waals surface area contributed by atoms with Gasteiger partial charge in [0.1, 0.15) is 0 Å². The number of ketones is 1. The zero-order valence-corrected chi connectivity index (χ0v) is 13.6. The monoisotopic (exact) mass is 349 g/mol. The summed E-state index contributed by atoms with van der Waals surface area (Å²) < 4.78 is 26.0. The van der Waals surface area contributed by atoms with Crippen molar-refractivity contribution >= 4 is 43.8 Å². The normalized spacial score (nSPS) is 17.9. The molecule has 0 radical (unpaired) electrons. The SMILES string of the molecule is CN1c2ccccc2C(=O)C(=NNc2ccccc2Cl)S1(=O)=O. The van der Waals surface area contributed by atoms with Crippen molar-refractivity contribution in [1.82, 2.24) is 0 Å². The van der Waals surface area contributed by atoms with E-state index in [4.69, 9.17) is 11.6 Å². The summed E-state index contributed by atoms with van der Waals surface area (Å²) in [6.45, 7) is 0. The number of nitrogens with one attached hydrogen (secondary N) is 1. The maximum absolute atomic E-state index is 12.5. The van der Waals surface area contributed by atoms with Crippen LogP contribution in [0.4, 0.5) is 11.4 Å². The third-order valence-electron chi connectivity index (χ3n) is 3.44. The van der Waals surface area contributed by atoms with Gasteiger partial charge in [-0.25, -0.2) is 0 Å². The smallest absolute Gasteiger partial charge is 0.286 e. The lowest BCUT2D eigenvalue weighted by Gasteiger charge is -2.26. The highest BCUT2D eigenvalue weighted by Gasteiger charge is 2.39. The second-order valence-electron chi connectivity index (χ2n) is 4.83. The molecule has 1 aliphatic rings. The number of benzene rings is 2. The van der Waals surface area contributed by atoms with Crippen LogP contribution in [0.25, 0.3) is 0 Å². The molecule has 0 fully saturated rings. The number of sulfonamides is 1. The second-order valence-corrected chi connectivity index (χ2v) is 7.12. The predicted molar refractivity (Wildman–Crippen MR) is 90.6 cm³/mol. The number of Topliss-reactive ketones (excluding diaryl/α,β-unsaturated/α-hetero) is 1. The van der Waals surface area contributed by atoms with Crippen LogP contribution in [-0.2, 0) is 10.0 Å². The summed E-state index contributed by atoms with van der Waals surface area (Å²) in [4.78, 5) is 12.5. The first kappa shape index (κ1) is 15.5. The van der Waals surface area contributed by atoms with Crippen LogP contribution in [0.3, 0.4) is 0 Å². The number of fused-ring (bicyclic) bond motifs is 1. The van der Waals surface area contributed by atoms with E-state index in [0.717, 1.165) is 4.31 Å². The summed E-state index contributed by atoms with van der Waals surface area (Å²) in [6.07, 6.45) is 0. The van der Waals surface area contributed by atoms with Gasteiger partial charge in [-0.3, -0.25) is 14.5 Å². The van der Waals surface area contributed by atoms with Gasteiger partial charge in [0, 0.05) is 12.6 Å². The summed E-state index contributed by atoms with van der Waals surface area (Å²) in [6, 6.07) is 13.2. The fourth-order valence-corrected chi connectivity index (χ4v) is 3.56. The fourth-order valence-electron chi connectivity index (χ4n) is 2.20. The van der Waals surface area contributed by atoms with E-state index in [-0.39, 0.29) is 5.56 Å². The molecule has 0 spiro atoms. The lowest BCUT2D eigenvalue weighted by atomic mass is 10.1. The van der Waals surface area contributed by atoms with E-state index in [2.05, 4.69) is 10.5 Å². The molecule has 0 saturated heterocycles. The van der Waals surface area contributed by atoms with Gasteiger partial charge in [0.05, 0.1) is 16.4 Å². The Kier molecular flexibility index (Phi) is 3.83. The molecule has 0 aromatic heterocycles. The van der Waals surface area contributed by atoms with Gasteiger partial charge in [-0.2, -0.15) is 13.5 Å². The molecule has 118 valence electrons. The quantitative estimate of drug-likeness (QED) is 0.845. The second kappa shape index (κ2) is 5.68. The van der Waals surface area contributed by atoms with Crippen molar-refractivity contribution in [3.05, 3.63) is 59.1 Å². The molecular formula is C15H12ClN3O3S. The van der Waals surface area contributed by atoms with Gasteiger partial charge in [-0.15, -0.1) is 0 Å². The average Bonchev–Trinajstić information content (AvgIpc) is 2.54. The Morgan fingerprint density at radius 1 is 1.09 bits per heavy atom. The molecule has 23 heavy (non-hydrogen) atoms. The van der Waals surface area contributed by atoms with Crippen LogP contribution >= 0.6 is 11.6 Å². The third kappa shape index (κ3) is 2.58. The van der Waals surface area contributed by atoms with Crippen LogP contribution in [0.1, 0.15) is 10.4 Å². The molecule has 2 aromatic carbocycles. The fraction of sp³-hybridized carbons (Fsp3) is 0.0667. The minimum Gasteiger partial charge on any atom is -0.286 e. The maximum Gasteiger partial charge on any atom is 0.287 e. The minimum atomic E-state index is -4.02. The Labute approximate surface area is 138 Å². The Morgan fingerprint density at radius 2 is 1.74 bits per heavy atom. The number of anilines is 2. The summed E-state index contributed by atoms with van der Waals surface area (Å²) in [5.74, 6) is -0.654. The third-order valence-corrected chi connectivity index (χ3v) is 5.45. The number of hydrogen-bond donors (Lipinski definition) is 1. The molecule has 6 nitrogen and oxygen atoms in total. The molecule has 0 amide bonds. The highest BCUT2D eigenvalue weighted by molar-refractivity contribution is 8.09. The van der Waals surface area contributed by atoms with Gasteiger partial charge in [0.25, 0.3) is 10.0 Å². The van der Waals surface area contributed by atoms with Gasteiger partial charge < -0.3 is 0 Å². The van der Waals surface area contributed by atoms with E-state index in [1.54, 1.807) is 48.5 Å². The molecular weight excluding hydrogens is 338 g/mol. The van der Waals surface area contributed by atoms with E-state index in [1.807, 2.05) is 0 Å². The van der Waals surface area contributed by atoms with Crippen LogP contribution in [0.2, 0.25) is 5.02 Å². The number of carbonyl (C=O) groups excluding carboxylic acids is 1. The van der Waals surface area contributed by atoms with Crippen molar-refractivity contribution < 1.29 is 13.2 Å². The number of rotatable bonds is 2. The van der Waals surface area contributed by atoms with Gasteiger partial charge in [-0.1, -0.05) is 35.9 Å². The summed E-state index contributed by atoms with van der Waals surface area (Å²) in [5.41, 5.74) is 3.57. The maximum atomic E-state index is 12.5. The molecule has 0 saturated carbocycles. The number of nitrogens with zero attached hydrogens (tertiary/aromatic N) is 2. The van der Waals surface area contributed by atoms with Gasteiger partial charge in [-0.05, 0) is 24.3 Å². The predicted octanol–water partition coefficient (Wildman–Crippen LogP) is 2.73. The number of hydrazone groups is 1. The van der Waals surface area contributed by atoms with Crippen LogP contribution in [0.15, 0.2) is 53.6 Å². The Morgan fingerprint density at radius 3 is 2.48 bits per heavy atom. The molecule has 1 aliphatic heterocycles. The Balaban J connectivity index is 2.07. The Bertz CT molecular complexity index is 925. The summed E-state index contributed by atoms with van der Waals surface area (Å²) >= 11 is 5.98. The molecule has 3 rings (SSSR count). The largest absolute Gasteiger partial charge is 0.287 e. The number of carbonyl (C=O) groups is 1. The molecule has 2 aromatic rings. The number of para-hydroxylation sites is 2. The summed E-state index contributed by atoms with van der Waals surface area (Å²) in [5, 5.41) is 3.60. The van der Waals surface area contributed by atoms with Crippen molar-refractivity contribution in [3.8, 4) is 0 Å². The van der Waals surface area contributed by atoms with Crippen molar-refractivity contribution in [2.24, 2.45) is 5.10 Å². The van der Waals surface area contributed by atoms with Crippen molar-refractivity contribution in [3.63, 3.8) is 0 Å². The molecule has 0 aliphatic carbocycles. The van der Waals surface area contributed by atoms with Crippen molar-refractivity contribution in [2.45, 2.75) is 0 Å². The van der Waals surface area contributed by atoms with E-state index in [9.17, 15) is 13.2 Å². The minimum absolute atomic E-state index is 0.282. The first-order chi connectivity index (χ1) is 10.9. The topological polar surface area (TPSA) is 78.8 Å². The van der Waals surface area contributed by atoms with Crippen molar-refractivity contribution in [1.29, 1.82) is 0 Å². The van der Waals surface area contributed by atoms with Crippen molar-refractivity contribution in [2.75, 3.05) is 16.8 Å². The first-order valence-corrected chi connectivity index (χ1v) is 8.45. The lowest BCUT2D eigenvalue weighted by molar-refractivity contribution is 0.106. The van der Waals surface area contributed by atoms with Crippen LogP contribution in [-0.4, -0.2) is 26.3 Å².